The first-order chi connectivity index (χ1) is 7.79. The zero-order chi connectivity index (χ0) is 13.1. The van der Waals surface area contributed by atoms with E-state index >= 15 is 0 Å². The molecule has 0 saturated carbocycles. The fourth-order valence-electron chi connectivity index (χ4n) is 1.39. The Balaban J connectivity index is 2.75. The number of alkyl halides is 2. The van der Waals surface area contributed by atoms with Crippen LogP contribution in [0.3, 0.4) is 0 Å². The molecule has 0 aromatic heterocycles. The molecule has 0 saturated heterocycles. The van der Waals surface area contributed by atoms with Crippen molar-refractivity contribution in [3.8, 4) is 0 Å². The first kappa shape index (κ1) is 14.1. The lowest BCUT2D eigenvalue weighted by atomic mass is 10.0. The van der Waals surface area contributed by atoms with Crippen molar-refractivity contribution in [2.24, 2.45) is 0 Å². The fraction of sp³-hybridized carbons (Fsp3) is 0.455. The first-order valence-electron chi connectivity index (χ1n) is 5.03. The van der Waals surface area contributed by atoms with Crippen LogP contribution in [0.1, 0.15) is 30.1 Å². The van der Waals surface area contributed by atoms with Crippen LogP contribution in [0.5, 0.6) is 0 Å². The zero-order valence-corrected chi connectivity index (χ0v) is 10.1. The van der Waals surface area contributed by atoms with Crippen LogP contribution < -0.4 is 0 Å². The average Bonchev–Trinajstić information content (AvgIpc) is 2.25. The highest BCUT2D eigenvalue weighted by Crippen LogP contribution is 2.24. The summed E-state index contributed by atoms with van der Waals surface area (Å²) < 4.78 is 46.6. The van der Waals surface area contributed by atoms with E-state index in [0.29, 0.717) is 5.56 Å². The molecule has 0 aliphatic carbocycles. The predicted molar refractivity (Wildman–Crippen MR) is 60.7 cm³/mol. The molecule has 0 spiro atoms. The van der Waals surface area contributed by atoms with Gasteiger partial charge in [-0.25, -0.2) is 17.2 Å². The second kappa shape index (κ2) is 5.55. The van der Waals surface area contributed by atoms with E-state index in [1.54, 1.807) is 0 Å². The van der Waals surface area contributed by atoms with Crippen molar-refractivity contribution >= 4 is 9.84 Å². The lowest BCUT2D eigenvalue weighted by Crippen LogP contribution is -2.08. The standard InChI is InChI=1S/C11H14F2O3S/c1-17(15,16)6-5-10(14)8-3-2-4-9(7-8)11(12)13/h2-4,7,10-11,14H,5-6H2,1H3. The normalized spacial score (nSPS) is 13.9. The molecule has 0 radical (unpaired) electrons. The number of rotatable bonds is 5. The molecule has 3 nitrogen and oxygen atoms in total. The molecular weight excluding hydrogens is 250 g/mol. The van der Waals surface area contributed by atoms with E-state index < -0.39 is 22.4 Å². The SMILES string of the molecule is CS(=O)(=O)CCC(O)c1cccc(C(F)F)c1. The van der Waals surface area contributed by atoms with Crippen molar-refractivity contribution in [1.82, 2.24) is 0 Å². The molecule has 0 fully saturated rings. The topological polar surface area (TPSA) is 54.4 Å². The summed E-state index contributed by atoms with van der Waals surface area (Å²) in [7, 11) is -3.16. The Morgan fingerprint density at radius 1 is 1.29 bits per heavy atom. The second-order valence-corrected chi connectivity index (χ2v) is 6.16. The summed E-state index contributed by atoms with van der Waals surface area (Å²) in [5.41, 5.74) is 0.132. The number of halogens is 2. The quantitative estimate of drug-likeness (QED) is 0.886. The second-order valence-electron chi connectivity index (χ2n) is 3.91. The van der Waals surface area contributed by atoms with Crippen molar-refractivity contribution < 1.29 is 22.3 Å². The van der Waals surface area contributed by atoms with Crippen molar-refractivity contribution in [1.29, 1.82) is 0 Å². The maximum atomic E-state index is 12.4. The van der Waals surface area contributed by atoms with Gasteiger partial charge in [0.25, 0.3) is 6.43 Å². The minimum atomic E-state index is -3.16. The van der Waals surface area contributed by atoms with Crippen LogP contribution in [-0.4, -0.2) is 25.5 Å². The Bertz CT molecular complexity index is 471. The minimum absolute atomic E-state index is 0.00548. The van der Waals surface area contributed by atoms with Gasteiger partial charge < -0.3 is 5.11 Å². The summed E-state index contributed by atoms with van der Waals surface area (Å²) in [5, 5.41) is 9.68. The number of aliphatic hydroxyl groups excluding tert-OH is 1. The zero-order valence-electron chi connectivity index (χ0n) is 9.31. The van der Waals surface area contributed by atoms with Gasteiger partial charge in [-0.1, -0.05) is 18.2 Å². The lowest BCUT2D eigenvalue weighted by Gasteiger charge is -2.11. The Hall–Kier alpha value is -1.01. The van der Waals surface area contributed by atoms with Crippen molar-refractivity contribution in [2.75, 3.05) is 12.0 Å². The molecule has 0 heterocycles. The number of benzene rings is 1. The van der Waals surface area contributed by atoms with Crippen LogP contribution in [0.25, 0.3) is 0 Å². The highest BCUT2D eigenvalue weighted by molar-refractivity contribution is 7.90. The number of aliphatic hydroxyl groups is 1. The maximum absolute atomic E-state index is 12.4. The molecular formula is C11H14F2O3S. The molecule has 6 heteroatoms. The summed E-state index contributed by atoms with van der Waals surface area (Å²) in [6, 6.07) is 5.37. The van der Waals surface area contributed by atoms with Gasteiger partial charge in [0.15, 0.2) is 0 Å². The van der Waals surface area contributed by atoms with Crippen LogP contribution in [0.15, 0.2) is 24.3 Å². The Morgan fingerprint density at radius 3 is 2.41 bits per heavy atom. The Kier molecular flexibility index (Phi) is 4.59. The first-order valence-corrected chi connectivity index (χ1v) is 7.09. The molecule has 96 valence electrons. The van der Waals surface area contributed by atoms with Gasteiger partial charge in [0.1, 0.15) is 9.84 Å². The number of hydrogen-bond acceptors (Lipinski definition) is 3. The van der Waals surface area contributed by atoms with Gasteiger partial charge in [0.05, 0.1) is 11.9 Å². The summed E-state index contributed by atoms with van der Waals surface area (Å²) in [6.07, 6.45) is -2.57. The molecule has 17 heavy (non-hydrogen) atoms. The predicted octanol–water partition coefficient (Wildman–Crippen LogP) is 2.09. The van der Waals surface area contributed by atoms with E-state index in [9.17, 15) is 22.3 Å². The molecule has 0 aliphatic rings. The maximum Gasteiger partial charge on any atom is 0.263 e. The average molecular weight is 264 g/mol. The smallest absolute Gasteiger partial charge is 0.263 e. The number of sulfone groups is 1. The van der Waals surface area contributed by atoms with Gasteiger partial charge in [-0.3, -0.25) is 0 Å². The Morgan fingerprint density at radius 2 is 1.88 bits per heavy atom. The molecule has 1 N–H and O–H groups in total. The Labute approximate surface area is 99.0 Å². The van der Waals surface area contributed by atoms with Crippen LogP contribution in [0, 0.1) is 0 Å². The highest BCUT2D eigenvalue weighted by Gasteiger charge is 2.14. The van der Waals surface area contributed by atoms with Gasteiger partial charge in [-0.05, 0) is 18.1 Å². The third-order valence-electron chi connectivity index (χ3n) is 2.31. The molecule has 0 amide bonds. The van der Waals surface area contributed by atoms with E-state index in [1.807, 2.05) is 0 Å². The monoisotopic (exact) mass is 264 g/mol. The fourth-order valence-corrected chi connectivity index (χ4v) is 2.05. The van der Waals surface area contributed by atoms with E-state index in [2.05, 4.69) is 0 Å². The van der Waals surface area contributed by atoms with E-state index in [0.717, 1.165) is 6.26 Å². The number of hydrogen-bond donors (Lipinski definition) is 1. The van der Waals surface area contributed by atoms with Gasteiger partial charge in [0.2, 0.25) is 0 Å². The molecule has 0 bridgehead atoms. The van der Waals surface area contributed by atoms with E-state index in [4.69, 9.17) is 0 Å². The van der Waals surface area contributed by atoms with E-state index in [1.165, 1.54) is 24.3 Å². The van der Waals surface area contributed by atoms with Crippen molar-refractivity contribution in [3.05, 3.63) is 35.4 Å². The summed E-state index contributed by atoms with van der Waals surface area (Å²) in [5.74, 6) is -0.174. The molecule has 1 aromatic rings. The van der Waals surface area contributed by atoms with Gasteiger partial charge >= 0.3 is 0 Å². The molecule has 1 rings (SSSR count). The summed E-state index contributed by atoms with van der Waals surface area (Å²) in [4.78, 5) is 0. The lowest BCUT2D eigenvalue weighted by molar-refractivity contribution is 0.149. The third-order valence-corrected chi connectivity index (χ3v) is 3.29. The van der Waals surface area contributed by atoms with Gasteiger partial charge in [-0.15, -0.1) is 0 Å². The third kappa shape index (κ3) is 4.79. The molecule has 0 aliphatic heterocycles. The van der Waals surface area contributed by atoms with Crippen molar-refractivity contribution in [2.45, 2.75) is 19.0 Å². The largest absolute Gasteiger partial charge is 0.388 e. The van der Waals surface area contributed by atoms with Crippen LogP contribution in [0.2, 0.25) is 0 Å². The van der Waals surface area contributed by atoms with Crippen LogP contribution in [0.4, 0.5) is 8.78 Å². The summed E-state index contributed by atoms with van der Waals surface area (Å²) in [6.45, 7) is 0. The van der Waals surface area contributed by atoms with Crippen molar-refractivity contribution in [3.63, 3.8) is 0 Å². The highest BCUT2D eigenvalue weighted by atomic mass is 32.2. The van der Waals surface area contributed by atoms with Gasteiger partial charge in [-0.2, -0.15) is 0 Å². The summed E-state index contributed by atoms with van der Waals surface area (Å²) >= 11 is 0. The molecule has 1 aromatic carbocycles. The molecule has 1 unspecified atom stereocenters. The minimum Gasteiger partial charge on any atom is -0.388 e. The van der Waals surface area contributed by atoms with Crippen LogP contribution >= 0.6 is 0 Å². The van der Waals surface area contributed by atoms with E-state index in [-0.39, 0.29) is 17.7 Å². The van der Waals surface area contributed by atoms with Gasteiger partial charge in [0, 0.05) is 11.8 Å². The molecule has 1 atom stereocenters. The van der Waals surface area contributed by atoms with Crippen LogP contribution in [-0.2, 0) is 9.84 Å².